The summed E-state index contributed by atoms with van der Waals surface area (Å²) in [6.07, 6.45) is 1.84. The first-order chi connectivity index (χ1) is 19.0. The number of rotatable bonds is 5. The molecule has 202 valence electrons. The zero-order valence-corrected chi connectivity index (χ0v) is 24.7. The first-order valence-corrected chi connectivity index (χ1v) is 14.0. The van der Waals surface area contributed by atoms with Gasteiger partial charge in [-0.3, -0.25) is 0 Å². The van der Waals surface area contributed by atoms with Gasteiger partial charge in [-0.1, -0.05) is 108 Å². The molecule has 0 saturated heterocycles. The Balaban J connectivity index is 1.51. The third kappa shape index (κ3) is 5.99. The largest absolute Gasteiger partial charge is 0.311 e. The molecular weight excluding hydrogens is 486 g/mol. The molecule has 0 aliphatic heterocycles. The van der Waals surface area contributed by atoms with Crippen molar-refractivity contribution in [2.45, 2.75) is 59.3 Å². The Morgan fingerprint density at radius 2 is 0.925 bits per heavy atom. The van der Waals surface area contributed by atoms with Crippen LogP contribution in [0.4, 0.5) is 17.1 Å². The molecule has 3 nitrogen and oxygen atoms in total. The summed E-state index contributed by atoms with van der Waals surface area (Å²) in [6, 6.07) is 36.8. The number of hydrogen-bond donors (Lipinski definition) is 0. The molecule has 5 aromatic rings. The molecule has 0 unspecified atom stereocenters. The van der Waals surface area contributed by atoms with Gasteiger partial charge in [-0.15, -0.1) is 0 Å². The fraction of sp³-hybridized carbons (Fsp3) is 0.243. The minimum absolute atomic E-state index is 0.105. The molecule has 4 aromatic carbocycles. The fourth-order valence-corrected chi connectivity index (χ4v) is 4.81. The number of anilines is 3. The van der Waals surface area contributed by atoms with Gasteiger partial charge in [0, 0.05) is 34.4 Å². The smallest absolute Gasteiger partial charge is 0.159 e. The minimum Gasteiger partial charge on any atom is -0.311 e. The third-order valence-corrected chi connectivity index (χ3v) is 7.37. The van der Waals surface area contributed by atoms with Crippen molar-refractivity contribution in [1.82, 2.24) is 9.97 Å². The van der Waals surface area contributed by atoms with Crippen molar-refractivity contribution in [1.29, 1.82) is 0 Å². The van der Waals surface area contributed by atoms with Crippen LogP contribution in [0.1, 0.15) is 58.2 Å². The van der Waals surface area contributed by atoms with Crippen LogP contribution in [0.2, 0.25) is 0 Å². The first kappa shape index (κ1) is 27.3. The average Bonchev–Trinajstić information content (AvgIpc) is 2.94. The zero-order chi connectivity index (χ0) is 28.5. The van der Waals surface area contributed by atoms with Gasteiger partial charge in [-0.25, -0.2) is 9.97 Å². The van der Waals surface area contributed by atoms with E-state index in [9.17, 15) is 0 Å². The summed E-state index contributed by atoms with van der Waals surface area (Å²) in [5.74, 6) is 0.737. The molecule has 0 atom stereocenters. The van der Waals surface area contributed by atoms with E-state index in [1.165, 1.54) is 16.7 Å². The van der Waals surface area contributed by atoms with Crippen LogP contribution in [-0.2, 0) is 10.8 Å². The minimum atomic E-state index is 0.105. The topological polar surface area (TPSA) is 29.0 Å². The summed E-state index contributed by atoms with van der Waals surface area (Å²) < 4.78 is 0. The SMILES string of the molecule is Cc1ccc(-c2nccc(-c3ccc(N(c4ccc(C(C)(C)C)cc4)c4ccc(C(C)(C)C)cc4)cc3)n2)cc1. The lowest BCUT2D eigenvalue weighted by molar-refractivity contribution is 0.590. The number of hydrogen-bond acceptors (Lipinski definition) is 3. The van der Waals surface area contributed by atoms with Gasteiger partial charge in [0.25, 0.3) is 0 Å². The van der Waals surface area contributed by atoms with Crippen molar-refractivity contribution in [3.8, 4) is 22.6 Å². The molecular formula is C37H39N3. The maximum atomic E-state index is 4.87. The normalized spacial score (nSPS) is 11.9. The van der Waals surface area contributed by atoms with E-state index < -0.39 is 0 Å². The van der Waals surface area contributed by atoms with Crippen molar-refractivity contribution in [3.63, 3.8) is 0 Å². The highest BCUT2D eigenvalue weighted by molar-refractivity contribution is 5.78. The highest BCUT2D eigenvalue weighted by Crippen LogP contribution is 2.37. The fourth-order valence-electron chi connectivity index (χ4n) is 4.81. The van der Waals surface area contributed by atoms with Gasteiger partial charge in [0.1, 0.15) is 0 Å². The maximum absolute atomic E-state index is 4.87. The Morgan fingerprint density at radius 1 is 0.500 bits per heavy atom. The Morgan fingerprint density at radius 3 is 1.38 bits per heavy atom. The quantitative estimate of drug-likeness (QED) is 0.228. The summed E-state index contributed by atoms with van der Waals surface area (Å²) >= 11 is 0. The van der Waals surface area contributed by atoms with Crippen LogP contribution >= 0.6 is 0 Å². The molecule has 0 fully saturated rings. The van der Waals surface area contributed by atoms with Crippen molar-refractivity contribution in [2.75, 3.05) is 4.90 Å². The van der Waals surface area contributed by atoms with Gasteiger partial charge < -0.3 is 4.90 Å². The highest BCUT2D eigenvalue weighted by atomic mass is 15.1. The van der Waals surface area contributed by atoms with E-state index in [2.05, 4.69) is 155 Å². The lowest BCUT2D eigenvalue weighted by Gasteiger charge is -2.28. The molecule has 0 amide bonds. The highest BCUT2D eigenvalue weighted by Gasteiger charge is 2.18. The van der Waals surface area contributed by atoms with Gasteiger partial charge in [0.05, 0.1) is 5.69 Å². The third-order valence-electron chi connectivity index (χ3n) is 7.37. The van der Waals surface area contributed by atoms with Crippen LogP contribution in [0.15, 0.2) is 109 Å². The van der Waals surface area contributed by atoms with Crippen molar-refractivity contribution in [3.05, 3.63) is 126 Å². The standard InChI is InChI=1S/C37H39N3/c1-26-8-10-28(11-9-26)35-38-25-24-34(39-35)27-12-18-31(19-13-27)40(32-20-14-29(15-21-32)36(2,3)4)33-22-16-30(17-23-33)37(5,6)7/h8-25H,1-7H3. The van der Waals surface area contributed by atoms with Crippen LogP contribution in [0, 0.1) is 6.92 Å². The summed E-state index contributed by atoms with van der Waals surface area (Å²) in [4.78, 5) is 11.7. The molecule has 0 aliphatic carbocycles. The predicted molar refractivity (Wildman–Crippen MR) is 170 cm³/mol. The zero-order valence-electron chi connectivity index (χ0n) is 24.7. The molecule has 1 aromatic heterocycles. The van der Waals surface area contributed by atoms with Gasteiger partial charge in [-0.05, 0) is 71.3 Å². The second-order valence-corrected chi connectivity index (χ2v) is 12.6. The van der Waals surface area contributed by atoms with Crippen LogP contribution in [0.25, 0.3) is 22.6 Å². The van der Waals surface area contributed by atoms with Gasteiger partial charge >= 0.3 is 0 Å². The molecule has 0 saturated carbocycles. The summed E-state index contributed by atoms with van der Waals surface area (Å²) in [5.41, 5.74) is 10.4. The van der Waals surface area contributed by atoms with E-state index in [4.69, 9.17) is 4.98 Å². The lowest BCUT2D eigenvalue weighted by Crippen LogP contribution is -2.14. The monoisotopic (exact) mass is 525 g/mol. The Kier molecular flexibility index (Phi) is 7.33. The molecule has 0 aliphatic rings. The second-order valence-electron chi connectivity index (χ2n) is 12.6. The molecule has 0 spiro atoms. The van der Waals surface area contributed by atoms with Crippen molar-refractivity contribution < 1.29 is 0 Å². The van der Waals surface area contributed by atoms with E-state index >= 15 is 0 Å². The molecule has 5 rings (SSSR count). The number of nitrogens with zero attached hydrogens (tertiary/aromatic N) is 3. The molecule has 0 bridgehead atoms. The van der Waals surface area contributed by atoms with E-state index in [1.807, 2.05) is 12.3 Å². The van der Waals surface area contributed by atoms with Crippen LogP contribution in [-0.4, -0.2) is 9.97 Å². The maximum Gasteiger partial charge on any atom is 0.159 e. The Bertz CT molecular complexity index is 1510. The van der Waals surface area contributed by atoms with E-state index in [-0.39, 0.29) is 10.8 Å². The predicted octanol–water partition coefficient (Wildman–Crippen LogP) is 10.2. The number of benzene rings is 4. The summed E-state index contributed by atoms with van der Waals surface area (Å²) in [6.45, 7) is 15.6. The molecule has 0 radical (unpaired) electrons. The van der Waals surface area contributed by atoms with E-state index in [0.717, 1.165) is 39.7 Å². The van der Waals surface area contributed by atoms with Gasteiger partial charge in [0.2, 0.25) is 0 Å². The van der Waals surface area contributed by atoms with Crippen molar-refractivity contribution in [2.24, 2.45) is 0 Å². The van der Waals surface area contributed by atoms with Crippen LogP contribution < -0.4 is 4.90 Å². The van der Waals surface area contributed by atoms with Crippen LogP contribution in [0.3, 0.4) is 0 Å². The van der Waals surface area contributed by atoms with E-state index in [0.29, 0.717) is 0 Å². The molecule has 1 heterocycles. The summed E-state index contributed by atoms with van der Waals surface area (Å²) in [7, 11) is 0. The average molecular weight is 526 g/mol. The van der Waals surface area contributed by atoms with Gasteiger partial charge in [-0.2, -0.15) is 0 Å². The molecule has 40 heavy (non-hydrogen) atoms. The first-order valence-electron chi connectivity index (χ1n) is 14.0. The Labute approximate surface area is 239 Å². The second kappa shape index (κ2) is 10.7. The summed E-state index contributed by atoms with van der Waals surface area (Å²) in [5, 5.41) is 0. The van der Waals surface area contributed by atoms with E-state index in [1.54, 1.807) is 0 Å². The van der Waals surface area contributed by atoms with Crippen molar-refractivity contribution >= 4 is 17.1 Å². The lowest BCUT2D eigenvalue weighted by atomic mass is 9.86. The number of aryl methyl sites for hydroxylation is 1. The number of aromatic nitrogens is 2. The van der Waals surface area contributed by atoms with Gasteiger partial charge in [0.15, 0.2) is 5.82 Å². The molecule has 0 N–H and O–H groups in total. The van der Waals surface area contributed by atoms with Crippen LogP contribution in [0.5, 0.6) is 0 Å². The molecule has 3 heteroatoms. The Hall–Kier alpha value is -4.24.